The van der Waals surface area contributed by atoms with Crippen molar-refractivity contribution >= 4 is 6.29 Å². The van der Waals surface area contributed by atoms with Gasteiger partial charge in [-0.25, -0.2) is 0 Å². The number of rotatable bonds is 1. The molecule has 0 saturated heterocycles. The first-order valence-electron chi connectivity index (χ1n) is 9.55. The zero-order valence-corrected chi connectivity index (χ0v) is 15.1. The molecular formula is C25H22O. The third kappa shape index (κ3) is 2.20. The van der Waals surface area contributed by atoms with Crippen LogP contribution in [0.25, 0.3) is 11.1 Å². The maximum Gasteiger partial charge on any atom is 0.150 e. The topological polar surface area (TPSA) is 17.1 Å². The van der Waals surface area contributed by atoms with Crippen LogP contribution in [0.5, 0.6) is 0 Å². The lowest BCUT2D eigenvalue weighted by Gasteiger charge is -2.28. The summed E-state index contributed by atoms with van der Waals surface area (Å²) in [5, 5.41) is 0. The highest BCUT2D eigenvalue weighted by Crippen LogP contribution is 2.43. The Balaban J connectivity index is 1.85. The first-order valence-corrected chi connectivity index (χ1v) is 9.55. The van der Waals surface area contributed by atoms with Gasteiger partial charge >= 0.3 is 0 Å². The number of aldehydes is 1. The number of fused-ring (bicyclic) bond motifs is 6. The molecule has 0 spiro atoms. The molecule has 5 rings (SSSR count). The molecule has 2 aliphatic rings. The van der Waals surface area contributed by atoms with Crippen molar-refractivity contribution in [3.05, 3.63) is 93.0 Å². The fourth-order valence-electron chi connectivity index (χ4n) is 5.02. The minimum atomic E-state index is 0.934. The monoisotopic (exact) mass is 338 g/mol. The molecule has 0 radical (unpaired) electrons. The first-order chi connectivity index (χ1) is 12.8. The average molecular weight is 338 g/mol. The first kappa shape index (κ1) is 15.6. The fraction of sp³-hybridized carbons (Fsp3) is 0.240. The van der Waals surface area contributed by atoms with E-state index in [4.69, 9.17) is 0 Å². The van der Waals surface area contributed by atoms with Crippen LogP contribution >= 0.6 is 0 Å². The van der Waals surface area contributed by atoms with E-state index in [0.717, 1.165) is 44.0 Å². The normalized spacial score (nSPS) is 14.5. The van der Waals surface area contributed by atoms with Crippen molar-refractivity contribution in [3.63, 3.8) is 0 Å². The summed E-state index contributed by atoms with van der Waals surface area (Å²) in [7, 11) is 0. The van der Waals surface area contributed by atoms with Crippen molar-refractivity contribution < 1.29 is 4.79 Å². The van der Waals surface area contributed by atoms with Gasteiger partial charge in [-0.15, -0.1) is 0 Å². The molecular weight excluding hydrogens is 316 g/mol. The van der Waals surface area contributed by atoms with E-state index in [9.17, 15) is 4.79 Å². The molecule has 3 aromatic rings. The quantitative estimate of drug-likeness (QED) is 0.553. The van der Waals surface area contributed by atoms with E-state index in [2.05, 4.69) is 55.5 Å². The molecule has 0 aliphatic heterocycles. The maximum absolute atomic E-state index is 12.0. The molecule has 0 heterocycles. The summed E-state index contributed by atoms with van der Waals surface area (Å²) < 4.78 is 0. The lowest BCUT2D eigenvalue weighted by atomic mass is 9.76. The van der Waals surface area contributed by atoms with Gasteiger partial charge in [0.2, 0.25) is 0 Å². The Morgan fingerprint density at radius 2 is 1.38 bits per heavy atom. The molecule has 1 nitrogen and oxygen atoms in total. The van der Waals surface area contributed by atoms with E-state index in [1.54, 1.807) is 0 Å². The summed E-state index contributed by atoms with van der Waals surface area (Å²) in [6, 6.07) is 17.6. The molecule has 2 aliphatic carbocycles. The van der Waals surface area contributed by atoms with Crippen molar-refractivity contribution in [1.29, 1.82) is 0 Å². The van der Waals surface area contributed by atoms with Crippen LogP contribution in [0, 0.1) is 6.92 Å². The van der Waals surface area contributed by atoms with Gasteiger partial charge in [-0.2, -0.15) is 0 Å². The Morgan fingerprint density at radius 1 is 0.731 bits per heavy atom. The summed E-state index contributed by atoms with van der Waals surface area (Å²) in [6.07, 6.45) is 6.11. The van der Waals surface area contributed by atoms with Crippen LogP contribution < -0.4 is 0 Å². The van der Waals surface area contributed by atoms with E-state index in [1.807, 2.05) is 0 Å². The molecule has 0 N–H and O–H groups in total. The largest absolute Gasteiger partial charge is 0.298 e. The van der Waals surface area contributed by atoms with Crippen LogP contribution in [0.3, 0.4) is 0 Å². The van der Waals surface area contributed by atoms with Crippen LogP contribution in [0.15, 0.2) is 48.5 Å². The van der Waals surface area contributed by atoms with Gasteiger partial charge in [0.25, 0.3) is 0 Å². The van der Waals surface area contributed by atoms with E-state index in [0.29, 0.717) is 0 Å². The fourth-order valence-corrected chi connectivity index (χ4v) is 5.02. The minimum Gasteiger partial charge on any atom is -0.298 e. The molecule has 0 fully saturated rings. The van der Waals surface area contributed by atoms with Crippen molar-refractivity contribution in [2.24, 2.45) is 0 Å². The molecule has 0 aromatic heterocycles. The molecule has 26 heavy (non-hydrogen) atoms. The van der Waals surface area contributed by atoms with Gasteiger partial charge in [-0.05, 0) is 89.1 Å². The molecule has 0 bridgehead atoms. The lowest BCUT2D eigenvalue weighted by molar-refractivity contribution is 0.112. The second-order valence-electron chi connectivity index (χ2n) is 7.57. The van der Waals surface area contributed by atoms with Gasteiger partial charge in [0.1, 0.15) is 0 Å². The van der Waals surface area contributed by atoms with Crippen molar-refractivity contribution in [2.45, 2.75) is 39.0 Å². The van der Waals surface area contributed by atoms with E-state index < -0.39 is 0 Å². The molecule has 128 valence electrons. The van der Waals surface area contributed by atoms with Crippen molar-refractivity contribution in [3.8, 4) is 11.1 Å². The number of benzene rings is 3. The Hall–Kier alpha value is -2.67. The van der Waals surface area contributed by atoms with Gasteiger partial charge in [0.15, 0.2) is 6.29 Å². The maximum atomic E-state index is 12.0. The van der Waals surface area contributed by atoms with Gasteiger partial charge in [-0.3, -0.25) is 4.79 Å². The van der Waals surface area contributed by atoms with Crippen LogP contribution in [-0.4, -0.2) is 6.29 Å². The Bertz CT molecular complexity index is 1040. The number of carbonyl (C=O) groups is 1. The zero-order chi connectivity index (χ0) is 17.7. The van der Waals surface area contributed by atoms with E-state index in [-0.39, 0.29) is 0 Å². The van der Waals surface area contributed by atoms with Crippen LogP contribution in [0.2, 0.25) is 0 Å². The van der Waals surface area contributed by atoms with Gasteiger partial charge in [-0.1, -0.05) is 48.5 Å². The van der Waals surface area contributed by atoms with Crippen LogP contribution in [0.4, 0.5) is 0 Å². The zero-order valence-electron chi connectivity index (χ0n) is 15.1. The highest BCUT2D eigenvalue weighted by atomic mass is 16.1. The Morgan fingerprint density at radius 3 is 2.19 bits per heavy atom. The molecule has 0 unspecified atom stereocenters. The molecule has 1 heteroatoms. The molecule has 0 atom stereocenters. The van der Waals surface area contributed by atoms with Gasteiger partial charge in [0, 0.05) is 5.56 Å². The summed E-state index contributed by atoms with van der Waals surface area (Å²) in [4.78, 5) is 12.0. The second kappa shape index (κ2) is 5.95. The minimum absolute atomic E-state index is 0.934. The third-order valence-electron chi connectivity index (χ3n) is 6.33. The number of carbonyl (C=O) groups excluding carboxylic acids is 1. The highest BCUT2D eigenvalue weighted by Gasteiger charge is 2.27. The SMILES string of the molecule is Cc1c(C=O)c2c(c3c1CCc1ccccc1-3)Cc1ccccc1CC2. The summed E-state index contributed by atoms with van der Waals surface area (Å²) >= 11 is 0. The summed E-state index contributed by atoms with van der Waals surface area (Å²) in [5.74, 6) is 0. The van der Waals surface area contributed by atoms with Crippen LogP contribution in [-0.2, 0) is 32.1 Å². The number of aryl methyl sites for hydroxylation is 2. The highest BCUT2D eigenvalue weighted by molar-refractivity contribution is 5.88. The predicted octanol–water partition coefficient (Wildman–Crippen LogP) is 5.26. The standard InChI is InChI=1S/C25H22O/c1-16-20-12-11-18-7-4-5-9-21(18)25(20)23-14-19-8-3-2-6-17(19)10-13-22(23)24(16)15-26/h2-9,15H,10-14H2,1H3. The second-order valence-corrected chi connectivity index (χ2v) is 7.57. The van der Waals surface area contributed by atoms with Crippen LogP contribution in [0.1, 0.15) is 49.3 Å². The summed E-state index contributed by atoms with van der Waals surface area (Å²) in [6.45, 7) is 2.15. The number of hydrogen-bond acceptors (Lipinski definition) is 1. The van der Waals surface area contributed by atoms with Gasteiger partial charge in [0.05, 0.1) is 0 Å². The Kier molecular flexibility index (Phi) is 3.56. The van der Waals surface area contributed by atoms with E-state index >= 15 is 0 Å². The van der Waals surface area contributed by atoms with E-state index in [1.165, 1.54) is 50.1 Å². The van der Waals surface area contributed by atoms with Crippen molar-refractivity contribution in [2.75, 3.05) is 0 Å². The summed E-state index contributed by atoms with van der Waals surface area (Å²) in [5.41, 5.74) is 13.3. The smallest absolute Gasteiger partial charge is 0.150 e. The van der Waals surface area contributed by atoms with Crippen molar-refractivity contribution in [1.82, 2.24) is 0 Å². The molecule has 0 saturated carbocycles. The lowest BCUT2D eigenvalue weighted by Crippen LogP contribution is -2.14. The third-order valence-corrected chi connectivity index (χ3v) is 6.33. The van der Waals surface area contributed by atoms with Gasteiger partial charge < -0.3 is 0 Å². The number of hydrogen-bond donors (Lipinski definition) is 0. The molecule has 3 aromatic carbocycles. The molecule has 0 amide bonds. The Labute approximate surface area is 154 Å². The average Bonchev–Trinajstić information content (AvgIpc) is 2.88. The predicted molar refractivity (Wildman–Crippen MR) is 106 cm³/mol.